The lowest BCUT2D eigenvalue weighted by atomic mass is 10.2. The van der Waals surface area contributed by atoms with Crippen molar-refractivity contribution in [1.29, 1.82) is 0 Å². The molecule has 1 fully saturated rings. The average molecular weight is 318 g/mol. The van der Waals surface area contributed by atoms with Gasteiger partial charge in [-0.3, -0.25) is 0 Å². The first-order valence-electron chi connectivity index (χ1n) is 6.00. The molecular weight excluding hydrogens is 303 g/mol. The van der Waals surface area contributed by atoms with Crippen LogP contribution in [-0.2, 0) is 14.8 Å². The number of hydrogen-bond donors (Lipinski definition) is 1. The third-order valence-electron chi connectivity index (χ3n) is 3.30. The molecular formula is C12H15FN2O3S2. The molecule has 2 N–H and O–H groups in total. The molecule has 1 unspecified atom stereocenters. The van der Waals surface area contributed by atoms with Crippen molar-refractivity contribution in [2.24, 2.45) is 5.73 Å². The van der Waals surface area contributed by atoms with Gasteiger partial charge in [0.2, 0.25) is 10.0 Å². The Balaban J connectivity index is 2.49. The Bertz CT molecular complexity index is 628. The van der Waals surface area contributed by atoms with E-state index in [-0.39, 0.29) is 21.5 Å². The second-order valence-electron chi connectivity index (χ2n) is 4.52. The summed E-state index contributed by atoms with van der Waals surface area (Å²) in [4.78, 5) is -0.489. The molecule has 0 saturated carbocycles. The smallest absolute Gasteiger partial charge is 0.243 e. The molecule has 0 aliphatic carbocycles. The number of rotatable bonds is 4. The van der Waals surface area contributed by atoms with E-state index in [4.69, 9.17) is 22.7 Å². The fraction of sp³-hybridized carbons (Fsp3) is 0.417. The van der Waals surface area contributed by atoms with Crippen molar-refractivity contribution in [3.05, 3.63) is 29.6 Å². The maximum absolute atomic E-state index is 13.8. The van der Waals surface area contributed by atoms with Crippen LogP contribution >= 0.6 is 12.2 Å². The first-order valence-corrected chi connectivity index (χ1v) is 7.84. The molecule has 1 aromatic rings. The average Bonchev–Trinajstić information content (AvgIpc) is 2.90. The highest BCUT2D eigenvalue weighted by Gasteiger charge is 2.33. The zero-order valence-electron chi connectivity index (χ0n) is 10.9. The van der Waals surface area contributed by atoms with Crippen LogP contribution in [0.2, 0.25) is 0 Å². The predicted octanol–water partition coefficient (Wildman–Crippen LogP) is 0.869. The lowest BCUT2D eigenvalue weighted by Crippen LogP contribution is -2.38. The predicted molar refractivity (Wildman–Crippen MR) is 76.5 cm³/mol. The van der Waals surface area contributed by atoms with E-state index in [1.54, 1.807) is 0 Å². The second-order valence-corrected chi connectivity index (χ2v) is 6.92. The van der Waals surface area contributed by atoms with E-state index in [0.717, 1.165) is 6.07 Å². The summed E-state index contributed by atoms with van der Waals surface area (Å²) in [7, 11) is -2.43. The number of likely N-dealkylation sites (N-methyl/N-ethyl adjacent to an activating group) is 1. The van der Waals surface area contributed by atoms with Crippen LogP contribution < -0.4 is 5.73 Å². The van der Waals surface area contributed by atoms with E-state index < -0.39 is 15.8 Å². The fourth-order valence-electron chi connectivity index (χ4n) is 2.12. The number of nitrogens with two attached hydrogens (primary N) is 1. The molecule has 20 heavy (non-hydrogen) atoms. The number of ether oxygens (including phenoxy) is 1. The minimum atomic E-state index is -3.87. The molecule has 1 aliphatic rings. The van der Waals surface area contributed by atoms with Gasteiger partial charge in [0.25, 0.3) is 0 Å². The van der Waals surface area contributed by atoms with Crippen molar-refractivity contribution in [3.63, 3.8) is 0 Å². The number of benzene rings is 1. The lowest BCUT2D eigenvalue weighted by molar-refractivity contribution is 0.181. The van der Waals surface area contributed by atoms with E-state index in [2.05, 4.69) is 0 Å². The molecule has 0 spiro atoms. The van der Waals surface area contributed by atoms with E-state index in [1.807, 2.05) is 0 Å². The van der Waals surface area contributed by atoms with Gasteiger partial charge in [0.05, 0.1) is 23.1 Å². The van der Waals surface area contributed by atoms with Gasteiger partial charge < -0.3 is 10.5 Å². The summed E-state index contributed by atoms with van der Waals surface area (Å²) in [6.07, 6.45) is 0.605. The minimum absolute atomic E-state index is 0.209. The van der Waals surface area contributed by atoms with Crippen LogP contribution in [0.25, 0.3) is 0 Å². The van der Waals surface area contributed by atoms with Crippen LogP contribution in [0.15, 0.2) is 23.1 Å². The van der Waals surface area contributed by atoms with Gasteiger partial charge >= 0.3 is 0 Å². The van der Waals surface area contributed by atoms with Gasteiger partial charge in [-0.2, -0.15) is 4.31 Å². The third kappa shape index (κ3) is 2.69. The Morgan fingerprint density at radius 2 is 2.25 bits per heavy atom. The Morgan fingerprint density at radius 1 is 1.55 bits per heavy atom. The monoisotopic (exact) mass is 318 g/mol. The molecule has 1 aliphatic heterocycles. The maximum atomic E-state index is 13.8. The van der Waals surface area contributed by atoms with Gasteiger partial charge in [-0.25, -0.2) is 12.8 Å². The molecule has 1 heterocycles. The zero-order valence-corrected chi connectivity index (χ0v) is 12.5. The highest BCUT2D eigenvalue weighted by atomic mass is 32.2. The molecule has 1 aromatic carbocycles. The quantitative estimate of drug-likeness (QED) is 0.834. The van der Waals surface area contributed by atoms with Crippen LogP contribution in [-0.4, -0.2) is 44.0 Å². The van der Waals surface area contributed by atoms with Gasteiger partial charge in [-0.05, 0) is 18.6 Å². The van der Waals surface area contributed by atoms with Crippen LogP contribution in [0.4, 0.5) is 4.39 Å². The van der Waals surface area contributed by atoms with Crippen LogP contribution in [0.3, 0.4) is 0 Å². The highest BCUT2D eigenvalue weighted by molar-refractivity contribution is 7.89. The summed E-state index contributed by atoms with van der Waals surface area (Å²) < 4.78 is 45.3. The number of hydrogen-bond acceptors (Lipinski definition) is 4. The number of halogens is 1. The van der Waals surface area contributed by atoms with Crippen molar-refractivity contribution in [3.8, 4) is 0 Å². The normalized spacial score (nSPS) is 19.4. The minimum Gasteiger partial charge on any atom is -0.389 e. The topological polar surface area (TPSA) is 72.6 Å². The standard InChI is InChI=1S/C12H15FN2O3S2/c1-15(8-5-6-18-7-8)20(16,17)10-4-2-3-9(13)11(10)12(14)19/h2-4,8H,5-7H2,1H3,(H2,14,19). The summed E-state index contributed by atoms with van der Waals surface area (Å²) in [5, 5.41) is 0. The number of sulfonamides is 1. The Hall–Kier alpha value is -1.09. The number of thiocarbonyl (C=S) groups is 1. The van der Waals surface area contributed by atoms with Crippen LogP contribution in [0, 0.1) is 5.82 Å². The molecule has 0 bridgehead atoms. The molecule has 5 nitrogen and oxygen atoms in total. The van der Waals surface area contributed by atoms with Gasteiger partial charge in [0.1, 0.15) is 10.8 Å². The van der Waals surface area contributed by atoms with Crippen molar-refractivity contribution in [2.45, 2.75) is 17.4 Å². The molecule has 110 valence electrons. The molecule has 1 atom stereocenters. The largest absolute Gasteiger partial charge is 0.389 e. The summed E-state index contributed by atoms with van der Waals surface area (Å²) in [6.45, 7) is 0.837. The molecule has 0 aromatic heterocycles. The molecule has 0 radical (unpaired) electrons. The second kappa shape index (κ2) is 5.72. The van der Waals surface area contributed by atoms with Crippen molar-refractivity contribution in [2.75, 3.05) is 20.3 Å². The zero-order chi connectivity index (χ0) is 14.9. The van der Waals surface area contributed by atoms with E-state index in [9.17, 15) is 12.8 Å². The first kappa shape index (κ1) is 15.3. The fourth-order valence-corrected chi connectivity index (χ4v) is 3.98. The Labute approximate surface area is 122 Å². The van der Waals surface area contributed by atoms with Gasteiger partial charge in [0, 0.05) is 13.7 Å². The third-order valence-corrected chi connectivity index (χ3v) is 5.46. The summed E-state index contributed by atoms with van der Waals surface area (Å²) in [6, 6.07) is 3.50. The number of nitrogens with zero attached hydrogens (tertiary/aromatic N) is 1. The van der Waals surface area contributed by atoms with Crippen molar-refractivity contribution in [1.82, 2.24) is 4.31 Å². The summed E-state index contributed by atoms with van der Waals surface area (Å²) >= 11 is 4.76. The Morgan fingerprint density at radius 3 is 2.80 bits per heavy atom. The van der Waals surface area contributed by atoms with Crippen molar-refractivity contribution < 1.29 is 17.5 Å². The maximum Gasteiger partial charge on any atom is 0.243 e. The van der Waals surface area contributed by atoms with E-state index in [1.165, 1.54) is 23.5 Å². The Kier molecular flexibility index (Phi) is 4.38. The van der Waals surface area contributed by atoms with Crippen LogP contribution in [0.1, 0.15) is 12.0 Å². The highest BCUT2D eigenvalue weighted by Crippen LogP contribution is 2.25. The molecule has 8 heteroatoms. The summed E-state index contributed by atoms with van der Waals surface area (Å²) in [5.41, 5.74) is 5.21. The van der Waals surface area contributed by atoms with E-state index >= 15 is 0 Å². The van der Waals surface area contributed by atoms with Gasteiger partial charge in [-0.15, -0.1) is 0 Å². The molecule has 1 saturated heterocycles. The molecule has 2 rings (SSSR count). The van der Waals surface area contributed by atoms with Gasteiger partial charge in [-0.1, -0.05) is 18.3 Å². The molecule has 0 amide bonds. The summed E-state index contributed by atoms with van der Waals surface area (Å²) in [5.74, 6) is -0.741. The SMILES string of the molecule is CN(C1CCOC1)S(=O)(=O)c1cccc(F)c1C(N)=S. The van der Waals surface area contributed by atoms with Crippen LogP contribution in [0.5, 0.6) is 0 Å². The lowest BCUT2D eigenvalue weighted by Gasteiger charge is -2.23. The van der Waals surface area contributed by atoms with E-state index in [0.29, 0.717) is 19.6 Å². The van der Waals surface area contributed by atoms with Crippen molar-refractivity contribution >= 4 is 27.2 Å². The first-order chi connectivity index (χ1) is 9.35. The van der Waals surface area contributed by atoms with Gasteiger partial charge in [0.15, 0.2) is 0 Å².